The number of amidine groups is 1. The Balaban J connectivity index is 2.30. The van der Waals surface area contributed by atoms with E-state index in [2.05, 4.69) is 28.8 Å². The average Bonchev–Trinajstić information content (AvgIpc) is 2.45. The van der Waals surface area contributed by atoms with Crippen molar-refractivity contribution in [2.45, 2.75) is 20.8 Å². The molecular formula is C15H20N4OS. The zero-order valence-electron chi connectivity index (χ0n) is 12.9. The van der Waals surface area contributed by atoms with Crippen LogP contribution in [0.25, 0.3) is 0 Å². The number of hydrazine groups is 1. The Morgan fingerprint density at radius 3 is 2.57 bits per heavy atom. The number of aliphatic imine (C=N–C) groups is 1. The molecule has 5 nitrogen and oxygen atoms in total. The number of nitrogens with one attached hydrogen (secondary N) is 2. The zero-order valence-corrected chi connectivity index (χ0v) is 13.8. The van der Waals surface area contributed by atoms with E-state index in [0.717, 1.165) is 16.9 Å². The van der Waals surface area contributed by atoms with E-state index in [9.17, 15) is 4.79 Å². The van der Waals surface area contributed by atoms with Gasteiger partial charge in [-0.15, -0.1) is 0 Å². The number of carbonyl (C=O) groups is 1. The van der Waals surface area contributed by atoms with Gasteiger partial charge in [0.1, 0.15) is 4.91 Å². The SMILES string of the molecule is CC1=C(C(=O)N(C)C)SC(=Nc2cccc(C)c2C)NN1. The topological polar surface area (TPSA) is 56.7 Å². The molecule has 21 heavy (non-hydrogen) atoms. The van der Waals surface area contributed by atoms with Gasteiger partial charge in [0, 0.05) is 19.8 Å². The summed E-state index contributed by atoms with van der Waals surface area (Å²) in [4.78, 5) is 19.0. The Kier molecular flexibility index (Phi) is 4.57. The number of nitrogens with zero attached hydrogens (tertiary/aromatic N) is 2. The first-order valence-electron chi connectivity index (χ1n) is 6.67. The summed E-state index contributed by atoms with van der Waals surface area (Å²) in [5.74, 6) is -0.0276. The fourth-order valence-corrected chi connectivity index (χ4v) is 2.74. The van der Waals surface area contributed by atoms with Gasteiger partial charge in [-0.3, -0.25) is 10.2 Å². The molecule has 1 amide bonds. The Bertz CT molecular complexity index is 635. The number of aryl methyl sites for hydroxylation is 1. The number of rotatable bonds is 2. The second-order valence-electron chi connectivity index (χ2n) is 5.14. The van der Waals surface area contributed by atoms with Gasteiger partial charge in [0.05, 0.1) is 5.69 Å². The molecule has 1 heterocycles. The fraction of sp³-hybridized carbons (Fsp3) is 0.333. The molecule has 1 aliphatic rings. The van der Waals surface area contributed by atoms with E-state index < -0.39 is 0 Å². The second-order valence-corrected chi connectivity index (χ2v) is 6.14. The highest BCUT2D eigenvalue weighted by Crippen LogP contribution is 2.28. The van der Waals surface area contributed by atoms with E-state index in [0.29, 0.717) is 10.1 Å². The number of thioether (sulfide) groups is 1. The molecule has 112 valence electrons. The van der Waals surface area contributed by atoms with Gasteiger partial charge in [0.25, 0.3) is 5.91 Å². The van der Waals surface area contributed by atoms with Crippen LogP contribution in [0.3, 0.4) is 0 Å². The zero-order chi connectivity index (χ0) is 15.6. The fourth-order valence-electron chi connectivity index (χ4n) is 1.83. The molecule has 1 aliphatic heterocycles. The van der Waals surface area contributed by atoms with Gasteiger partial charge < -0.3 is 10.3 Å². The summed E-state index contributed by atoms with van der Waals surface area (Å²) in [6.45, 7) is 5.97. The summed E-state index contributed by atoms with van der Waals surface area (Å²) in [7, 11) is 3.49. The monoisotopic (exact) mass is 304 g/mol. The van der Waals surface area contributed by atoms with Crippen molar-refractivity contribution in [3.63, 3.8) is 0 Å². The van der Waals surface area contributed by atoms with Crippen LogP contribution in [0.2, 0.25) is 0 Å². The van der Waals surface area contributed by atoms with Crippen LogP contribution in [0.4, 0.5) is 5.69 Å². The van der Waals surface area contributed by atoms with E-state index in [4.69, 9.17) is 0 Å². The number of allylic oxidation sites excluding steroid dienone is 1. The van der Waals surface area contributed by atoms with Crippen LogP contribution in [0, 0.1) is 13.8 Å². The third-order valence-electron chi connectivity index (χ3n) is 3.29. The minimum absolute atomic E-state index is 0.0276. The Hall–Kier alpha value is -1.95. The van der Waals surface area contributed by atoms with Crippen molar-refractivity contribution in [3.05, 3.63) is 39.9 Å². The van der Waals surface area contributed by atoms with Crippen molar-refractivity contribution in [3.8, 4) is 0 Å². The first kappa shape index (κ1) is 15.4. The Morgan fingerprint density at radius 2 is 1.90 bits per heavy atom. The first-order chi connectivity index (χ1) is 9.90. The van der Waals surface area contributed by atoms with E-state index in [-0.39, 0.29) is 5.91 Å². The van der Waals surface area contributed by atoms with Crippen LogP contribution in [-0.2, 0) is 4.79 Å². The number of carbonyl (C=O) groups excluding carboxylic acids is 1. The number of benzene rings is 1. The van der Waals surface area contributed by atoms with Crippen LogP contribution in [0.5, 0.6) is 0 Å². The molecule has 2 N–H and O–H groups in total. The van der Waals surface area contributed by atoms with Crippen molar-refractivity contribution >= 4 is 28.5 Å². The summed E-state index contributed by atoms with van der Waals surface area (Å²) >= 11 is 1.35. The van der Waals surface area contributed by atoms with Crippen LogP contribution in [0.15, 0.2) is 33.8 Å². The molecule has 0 aromatic heterocycles. The number of likely N-dealkylation sites (N-methyl/N-ethyl adjacent to an activating group) is 1. The van der Waals surface area contributed by atoms with Crippen molar-refractivity contribution in [2.24, 2.45) is 4.99 Å². The predicted molar refractivity (Wildman–Crippen MR) is 88.3 cm³/mol. The smallest absolute Gasteiger partial charge is 0.262 e. The third kappa shape index (κ3) is 3.39. The molecule has 0 aliphatic carbocycles. The highest BCUT2D eigenvalue weighted by molar-refractivity contribution is 8.17. The number of hydrogen-bond donors (Lipinski definition) is 2. The van der Waals surface area contributed by atoms with Crippen molar-refractivity contribution < 1.29 is 4.79 Å². The van der Waals surface area contributed by atoms with E-state index in [1.165, 1.54) is 17.3 Å². The second kappa shape index (κ2) is 6.22. The lowest BCUT2D eigenvalue weighted by Gasteiger charge is -2.23. The quantitative estimate of drug-likeness (QED) is 0.881. The molecule has 0 atom stereocenters. The molecule has 0 fully saturated rings. The van der Waals surface area contributed by atoms with Gasteiger partial charge in [-0.05, 0) is 49.7 Å². The van der Waals surface area contributed by atoms with Crippen LogP contribution >= 0.6 is 11.8 Å². The normalized spacial score (nSPS) is 16.5. The molecule has 2 rings (SSSR count). The molecule has 0 spiro atoms. The summed E-state index contributed by atoms with van der Waals surface area (Å²) in [5.41, 5.74) is 10.1. The first-order valence-corrected chi connectivity index (χ1v) is 7.49. The van der Waals surface area contributed by atoms with Crippen LogP contribution in [-0.4, -0.2) is 30.1 Å². The molecule has 0 unspecified atom stereocenters. The highest BCUT2D eigenvalue weighted by atomic mass is 32.2. The molecule has 0 saturated heterocycles. The molecular weight excluding hydrogens is 284 g/mol. The maximum absolute atomic E-state index is 12.2. The molecule has 6 heteroatoms. The average molecular weight is 304 g/mol. The standard InChI is InChI=1S/C15H20N4OS/c1-9-7-6-8-12(10(9)2)16-15-18-17-11(3)13(21-15)14(20)19(4)5/h6-8,17H,1-5H3,(H,16,18). The lowest BCUT2D eigenvalue weighted by atomic mass is 10.1. The van der Waals surface area contributed by atoms with Gasteiger partial charge in [0.2, 0.25) is 0 Å². The molecule has 0 saturated carbocycles. The van der Waals surface area contributed by atoms with Gasteiger partial charge in [-0.25, -0.2) is 4.99 Å². The van der Waals surface area contributed by atoms with Gasteiger partial charge in [0.15, 0.2) is 5.17 Å². The van der Waals surface area contributed by atoms with Gasteiger partial charge >= 0.3 is 0 Å². The van der Waals surface area contributed by atoms with Crippen LogP contribution in [0.1, 0.15) is 18.1 Å². The lowest BCUT2D eigenvalue weighted by Crippen LogP contribution is -2.40. The van der Waals surface area contributed by atoms with Crippen molar-refractivity contribution in [2.75, 3.05) is 14.1 Å². The summed E-state index contributed by atoms with van der Waals surface area (Å²) < 4.78 is 0. The van der Waals surface area contributed by atoms with E-state index >= 15 is 0 Å². The number of amides is 1. The van der Waals surface area contributed by atoms with Crippen LogP contribution < -0.4 is 10.9 Å². The van der Waals surface area contributed by atoms with E-state index in [1.54, 1.807) is 19.0 Å². The maximum atomic E-state index is 12.2. The Morgan fingerprint density at radius 1 is 1.19 bits per heavy atom. The van der Waals surface area contributed by atoms with E-state index in [1.807, 2.05) is 26.0 Å². The van der Waals surface area contributed by atoms with Gasteiger partial charge in [-0.1, -0.05) is 12.1 Å². The lowest BCUT2D eigenvalue weighted by molar-refractivity contribution is -0.124. The largest absolute Gasteiger partial charge is 0.344 e. The maximum Gasteiger partial charge on any atom is 0.262 e. The third-order valence-corrected chi connectivity index (χ3v) is 4.37. The van der Waals surface area contributed by atoms with Crippen molar-refractivity contribution in [1.29, 1.82) is 0 Å². The summed E-state index contributed by atoms with van der Waals surface area (Å²) in [5, 5.41) is 0.666. The van der Waals surface area contributed by atoms with Crippen molar-refractivity contribution in [1.82, 2.24) is 15.8 Å². The minimum Gasteiger partial charge on any atom is -0.344 e. The Labute approximate surface area is 129 Å². The molecule has 1 aromatic rings. The highest BCUT2D eigenvalue weighted by Gasteiger charge is 2.22. The molecule has 0 radical (unpaired) electrons. The summed E-state index contributed by atoms with van der Waals surface area (Å²) in [6, 6.07) is 6.01. The summed E-state index contributed by atoms with van der Waals surface area (Å²) in [6.07, 6.45) is 0. The molecule has 0 bridgehead atoms. The predicted octanol–water partition coefficient (Wildman–Crippen LogP) is 2.45. The number of hydrogen-bond acceptors (Lipinski definition) is 4. The molecule has 1 aromatic carbocycles. The van der Waals surface area contributed by atoms with Gasteiger partial charge in [-0.2, -0.15) is 0 Å². The minimum atomic E-state index is -0.0276.